The average molecular weight is 265 g/mol. The summed E-state index contributed by atoms with van der Waals surface area (Å²) >= 11 is 0. The smallest absolute Gasteiger partial charge is 0.303 e. The van der Waals surface area contributed by atoms with E-state index in [1.54, 1.807) is 0 Å². The minimum absolute atomic E-state index is 0.168. The van der Waals surface area contributed by atoms with E-state index in [4.69, 9.17) is 5.11 Å². The summed E-state index contributed by atoms with van der Waals surface area (Å²) in [6.07, 6.45) is 5.73. The molecule has 0 atom stereocenters. The first-order chi connectivity index (χ1) is 9.06. The van der Waals surface area contributed by atoms with Gasteiger partial charge in [-0.2, -0.15) is 0 Å². The first-order valence-electron chi connectivity index (χ1n) is 7.23. The van der Waals surface area contributed by atoms with Crippen molar-refractivity contribution in [3.8, 4) is 0 Å². The van der Waals surface area contributed by atoms with Gasteiger partial charge in [0.2, 0.25) is 5.91 Å². The van der Waals surface area contributed by atoms with Gasteiger partial charge >= 0.3 is 5.97 Å². The SMILES string of the molecule is C=C1CCC(C(=O)N2CCC(CC(=O)O)CC2)CC1. The number of piperidine rings is 1. The summed E-state index contributed by atoms with van der Waals surface area (Å²) in [5.41, 5.74) is 1.27. The van der Waals surface area contributed by atoms with E-state index in [-0.39, 0.29) is 24.2 Å². The average Bonchev–Trinajstić information content (AvgIpc) is 2.39. The Kier molecular flexibility index (Phi) is 4.61. The van der Waals surface area contributed by atoms with E-state index in [2.05, 4.69) is 6.58 Å². The lowest BCUT2D eigenvalue weighted by molar-refractivity contribution is -0.139. The molecule has 0 radical (unpaired) electrons. The molecule has 2 rings (SSSR count). The van der Waals surface area contributed by atoms with E-state index in [0.29, 0.717) is 0 Å². The van der Waals surface area contributed by atoms with Crippen LogP contribution in [0.25, 0.3) is 0 Å². The van der Waals surface area contributed by atoms with Crippen molar-refractivity contribution in [1.82, 2.24) is 4.90 Å². The quantitative estimate of drug-likeness (QED) is 0.797. The summed E-state index contributed by atoms with van der Waals surface area (Å²) in [5, 5.41) is 8.78. The van der Waals surface area contributed by atoms with Gasteiger partial charge in [0.15, 0.2) is 0 Å². The number of amides is 1. The highest BCUT2D eigenvalue weighted by Crippen LogP contribution is 2.30. The molecule has 2 fully saturated rings. The number of allylic oxidation sites excluding steroid dienone is 1. The Bertz CT molecular complexity index is 360. The molecule has 0 bridgehead atoms. The van der Waals surface area contributed by atoms with Crippen LogP contribution >= 0.6 is 0 Å². The van der Waals surface area contributed by atoms with Crippen LogP contribution in [0.15, 0.2) is 12.2 Å². The molecule has 1 aliphatic carbocycles. The van der Waals surface area contributed by atoms with Gasteiger partial charge < -0.3 is 10.0 Å². The van der Waals surface area contributed by atoms with Crippen LogP contribution in [0.3, 0.4) is 0 Å². The number of likely N-dealkylation sites (tertiary alicyclic amines) is 1. The fourth-order valence-electron chi connectivity index (χ4n) is 3.14. The summed E-state index contributed by atoms with van der Waals surface area (Å²) in [6.45, 7) is 5.44. The zero-order valence-corrected chi connectivity index (χ0v) is 11.4. The molecule has 0 aromatic rings. The van der Waals surface area contributed by atoms with Crippen LogP contribution in [0.5, 0.6) is 0 Å². The first-order valence-corrected chi connectivity index (χ1v) is 7.23. The van der Waals surface area contributed by atoms with Gasteiger partial charge in [0.25, 0.3) is 0 Å². The third-order valence-corrected chi connectivity index (χ3v) is 4.43. The Morgan fingerprint density at radius 3 is 2.26 bits per heavy atom. The lowest BCUT2D eigenvalue weighted by Gasteiger charge is -2.35. The zero-order valence-electron chi connectivity index (χ0n) is 11.4. The highest BCUT2D eigenvalue weighted by atomic mass is 16.4. The van der Waals surface area contributed by atoms with Gasteiger partial charge in [-0.05, 0) is 44.4 Å². The number of hydrogen-bond acceptors (Lipinski definition) is 2. The van der Waals surface area contributed by atoms with Crippen molar-refractivity contribution < 1.29 is 14.7 Å². The number of carboxylic acid groups (broad SMARTS) is 1. The molecular formula is C15H23NO3. The molecule has 106 valence electrons. The zero-order chi connectivity index (χ0) is 13.8. The number of carbonyl (C=O) groups excluding carboxylic acids is 1. The van der Waals surface area contributed by atoms with Crippen LogP contribution < -0.4 is 0 Å². The molecule has 4 nitrogen and oxygen atoms in total. The van der Waals surface area contributed by atoms with Crippen molar-refractivity contribution in [2.45, 2.75) is 44.9 Å². The standard InChI is InChI=1S/C15H23NO3/c1-11-2-4-13(5-3-11)15(19)16-8-6-12(7-9-16)10-14(17)18/h12-13H,1-10H2,(H,17,18). The molecule has 0 aromatic carbocycles. The normalized spacial score (nSPS) is 22.5. The lowest BCUT2D eigenvalue weighted by atomic mass is 9.85. The highest BCUT2D eigenvalue weighted by molar-refractivity contribution is 5.79. The largest absolute Gasteiger partial charge is 0.481 e. The van der Waals surface area contributed by atoms with Crippen LogP contribution in [-0.2, 0) is 9.59 Å². The van der Waals surface area contributed by atoms with E-state index in [1.165, 1.54) is 5.57 Å². The topological polar surface area (TPSA) is 57.6 Å². The maximum absolute atomic E-state index is 12.4. The van der Waals surface area contributed by atoms with Crippen molar-refractivity contribution in [2.24, 2.45) is 11.8 Å². The van der Waals surface area contributed by atoms with Crippen LogP contribution in [0, 0.1) is 11.8 Å². The van der Waals surface area contributed by atoms with Gasteiger partial charge in [0.1, 0.15) is 0 Å². The van der Waals surface area contributed by atoms with Crippen molar-refractivity contribution >= 4 is 11.9 Å². The molecule has 1 N–H and O–H groups in total. The molecule has 1 saturated carbocycles. The maximum atomic E-state index is 12.4. The Balaban J connectivity index is 1.79. The molecule has 0 unspecified atom stereocenters. The Morgan fingerprint density at radius 2 is 1.74 bits per heavy atom. The van der Waals surface area contributed by atoms with Gasteiger partial charge in [-0.15, -0.1) is 0 Å². The number of hydrogen-bond donors (Lipinski definition) is 1. The summed E-state index contributed by atoms with van der Waals surface area (Å²) in [7, 11) is 0. The molecule has 0 aromatic heterocycles. The van der Waals surface area contributed by atoms with Gasteiger partial charge in [-0.1, -0.05) is 12.2 Å². The van der Waals surface area contributed by atoms with Crippen molar-refractivity contribution in [1.29, 1.82) is 0 Å². The summed E-state index contributed by atoms with van der Waals surface area (Å²) in [4.78, 5) is 25.0. The third-order valence-electron chi connectivity index (χ3n) is 4.43. The molecule has 1 amide bonds. The molecule has 4 heteroatoms. The van der Waals surface area contributed by atoms with Crippen LogP contribution in [0.2, 0.25) is 0 Å². The third kappa shape index (κ3) is 3.82. The second-order valence-electron chi connectivity index (χ2n) is 5.89. The number of carbonyl (C=O) groups is 2. The van der Waals surface area contributed by atoms with Crippen LogP contribution in [-0.4, -0.2) is 35.0 Å². The summed E-state index contributed by atoms with van der Waals surface area (Å²) in [6, 6.07) is 0. The monoisotopic (exact) mass is 265 g/mol. The molecular weight excluding hydrogens is 242 g/mol. The fourth-order valence-corrected chi connectivity index (χ4v) is 3.14. The van der Waals surface area contributed by atoms with Crippen LogP contribution in [0.1, 0.15) is 44.9 Å². The summed E-state index contributed by atoms with van der Waals surface area (Å²) in [5.74, 6) is -0.0361. The molecule has 19 heavy (non-hydrogen) atoms. The highest BCUT2D eigenvalue weighted by Gasteiger charge is 2.30. The number of carboxylic acids is 1. The molecule has 1 aliphatic heterocycles. The Labute approximate surface area is 114 Å². The minimum atomic E-state index is -0.726. The van der Waals surface area contributed by atoms with E-state index in [1.807, 2.05) is 4.90 Å². The molecule has 1 saturated heterocycles. The molecule has 2 aliphatic rings. The number of aliphatic carboxylic acids is 1. The van der Waals surface area contributed by atoms with Crippen molar-refractivity contribution in [3.05, 3.63) is 12.2 Å². The van der Waals surface area contributed by atoms with Gasteiger partial charge in [-0.3, -0.25) is 9.59 Å². The fraction of sp³-hybridized carbons (Fsp3) is 0.733. The van der Waals surface area contributed by atoms with Gasteiger partial charge in [-0.25, -0.2) is 0 Å². The Morgan fingerprint density at radius 1 is 1.16 bits per heavy atom. The minimum Gasteiger partial charge on any atom is -0.481 e. The van der Waals surface area contributed by atoms with Crippen molar-refractivity contribution in [3.63, 3.8) is 0 Å². The van der Waals surface area contributed by atoms with E-state index in [0.717, 1.165) is 51.6 Å². The second kappa shape index (κ2) is 6.22. The Hall–Kier alpha value is -1.32. The lowest BCUT2D eigenvalue weighted by Crippen LogP contribution is -2.42. The van der Waals surface area contributed by atoms with Crippen molar-refractivity contribution in [2.75, 3.05) is 13.1 Å². The first kappa shape index (κ1) is 14.1. The van der Waals surface area contributed by atoms with Gasteiger partial charge in [0, 0.05) is 25.4 Å². The van der Waals surface area contributed by atoms with Gasteiger partial charge in [0.05, 0.1) is 0 Å². The number of nitrogens with zero attached hydrogens (tertiary/aromatic N) is 1. The number of rotatable bonds is 3. The van der Waals surface area contributed by atoms with E-state index in [9.17, 15) is 9.59 Å². The van der Waals surface area contributed by atoms with Crippen LogP contribution in [0.4, 0.5) is 0 Å². The maximum Gasteiger partial charge on any atom is 0.303 e. The predicted molar refractivity (Wildman–Crippen MR) is 72.7 cm³/mol. The molecule has 0 spiro atoms. The van der Waals surface area contributed by atoms with E-state index < -0.39 is 5.97 Å². The second-order valence-corrected chi connectivity index (χ2v) is 5.89. The molecule has 1 heterocycles. The van der Waals surface area contributed by atoms with E-state index >= 15 is 0 Å². The summed E-state index contributed by atoms with van der Waals surface area (Å²) < 4.78 is 0. The predicted octanol–water partition coefficient (Wildman–Crippen LogP) is 2.45.